The highest BCUT2D eigenvalue weighted by atomic mass is 15.1. The van der Waals surface area contributed by atoms with E-state index in [1.165, 1.54) is 11.3 Å². The van der Waals surface area contributed by atoms with Crippen molar-refractivity contribution >= 4 is 5.69 Å². The van der Waals surface area contributed by atoms with Crippen molar-refractivity contribution in [3.05, 3.63) is 53.6 Å². The van der Waals surface area contributed by atoms with Crippen molar-refractivity contribution in [2.45, 2.75) is 19.9 Å². The van der Waals surface area contributed by atoms with Crippen LogP contribution in [0.15, 0.2) is 36.7 Å². The van der Waals surface area contributed by atoms with Crippen molar-refractivity contribution in [1.29, 1.82) is 0 Å². The van der Waals surface area contributed by atoms with Gasteiger partial charge >= 0.3 is 0 Å². The average molecular weight is 270 g/mol. The van der Waals surface area contributed by atoms with Crippen molar-refractivity contribution in [2.24, 2.45) is 0 Å². The molecule has 0 saturated heterocycles. The van der Waals surface area contributed by atoms with Crippen molar-refractivity contribution in [2.75, 3.05) is 25.5 Å². The Morgan fingerprint density at radius 1 is 1.25 bits per heavy atom. The zero-order chi connectivity index (χ0) is 14.4. The Morgan fingerprint density at radius 2 is 2.10 bits per heavy atom. The minimum absolute atomic E-state index is 0.830. The first-order valence-electron chi connectivity index (χ1n) is 6.92. The summed E-state index contributed by atoms with van der Waals surface area (Å²) in [5.41, 5.74) is 4.63. The van der Waals surface area contributed by atoms with Gasteiger partial charge in [-0.25, -0.2) is 0 Å². The number of nitrogens with zero attached hydrogens (tertiary/aromatic N) is 3. The van der Waals surface area contributed by atoms with Gasteiger partial charge in [0.2, 0.25) is 0 Å². The number of hydrogen-bond donors (Lipinski definition) is 1. The highest BCUT2D eigenvalue weighted by Gasteiger charge is 2.08. The van der Waals surface area contributed by atoms with E-state index in [1.807, 2.05) is 38.5 Å². The summed E-state index contributed by atoms with van der Waals surface area (Å²) in [4.78, 5) is 11.0. The van der Waals surface area contributed by atoms with Gasteiger partial charge in [0.05, 0.1) is 0 Å². The monoisotopic (exact) mass is 270 g/mol. The Bertz CT molecular complexity index is 539. The lowest BCUT2D eigenvalue weighted by molar-refractivity contribution is 0.791. The molecule has 0 aliphatic carbocycles. The molecule has 2 heterocycles. The normalized spacial score (nSPS) is 10.6. The lowest BCUT2D eigenvalue weighted by atomic mass is 10.1. The van der Waals surface area contributed by atoms with Gasteiger partial charge in [0.25, 0.3) is 0 Å². The Balaban J connectivity index is 2.08. The number of likely N-dealkylation sites (N-methyl/N-ethyl adjacent to an activating group) is 1. The molecule has 106 valence electrons. The fraction of sp³-hybridized carbons (Fsp3) is 0.375. The van der Waals surface area contributed by atoms with E-state index in [4.69, 9.17) is 0 Å². The molecule has 0 aliphatic rings. The largest absolute Gasteiger partial charge is 0.374 e. The van der Waals surface area contributed by atoms with E-state index in [2.05, 4.69) is 39.4 Å². The highest BCUT2D eigenvalue weighted by molar-refractivity contribution is 5.53. The second-order valence-electron chi connectivity index (χ2n) is 4.98. The van der Waals surface area contributed by atoms with Gasteiger partial charge in [0, 0.05) is 61.6 Å². The molecule has 4 heteroatoms. The topological polar surface area (TPSA) is 41.1 Å². The fourth-order valence-electron chi connectivity index (χ4n) is 2.20. The lowest BCUT2D eigenvalue weighted by Gasteiger charge is -2.22. The van der Waals surface area contributed by atoms with Gasteiger partial charge in [-0.15, -0.1) is 0 Å². The maximum atomic E-state index is 4.38. The molecule has 2 rings (SSSR count). The molecule has 0 aromatic carbocycles. The molecule has 0 aliphatic heterocycles. The summed E-state index contributed by atoms with van der Waals surface area (Å²) in [5, 5.41) is 3.19. The van der Waals surface area contributed by atoms with Crippen LogP contribution in [0.2, 0.25) is 0 Å². The van der Waals surface area contributed by atoms with Crippen molar-refractivity contribution in [1.82, 2.24) is 15.3 Å². The number of aromatic nitrogens is 2. The number of hydrogen-bond acceptors (Lipinski definition) is 4. The molecule has 0 fully saturated rings. The molecule has 0 amide bonds. The van der Waals surface area contributed by atoms with Gasteiger partial charge in [-0.05, 0) is 32.2 Å². The lowest BCUT2D eigenvalue weighted by Crippen LogP contribution is -2.23. The molecule has 0 spiro atoms. The molecule has 0 radical (unpaired) electrons. The van der Waals surface area contributed by atoms with Crippen LogP contribution < -0.4 is 10.2 Å². The zero-order valence-corrected chi connectivity index (χ0v) is 12.4. The van der Waals surface area contributed by atoms with Crippen molar-refractivity contribution < 1.29 is 0 Å². The molecule has 20 heavy (non-hydrogen) atoms. The van der Waals surface area contributed by atoms with Gasteiger partial charge in [-0.1, -0.05) is 6.07 Å². The standard InChI is InChI=1S/C16H22N4/c1-13-10-16(14(11-17-2)12-19-13)20(3)9-7-15-6-4-5-8-18-15/h4-6,8,10,12,17H,7,9,11H2,1-3H3. The first-order valence-corrected chi connectivity index (χ1v) is 6.92. The number of aryl methyl sites for hydroxylation is 1. The Kier molecular flexibility index (Phi) is 5.07. The van der Waals surface area contributed by atoms with Crippen LogP contribution in [0.3, 0.4) is 0 Å². The van der Waals surface area contributed by atoms with Gasteiger partial charge < -0.3 is 10.2 Å². The van der Waals surface area contributed by atoms with E-state index in [1.54, 1.807) is 0 Å². The van der Waals surface area contributed by atoms with E-state index >= 15 is 0 Å². The quantitative estimate of drug-likeness (QED) is 0.873. The Morgan fingerprint density at radius 3 is 2.80 bits per heavy atom. The van der Waals surface area contributed by atoms with E-state index in [0.717, 1.165) is 30.9 Å². The minimum atomic E-state index is 0.830. The molecule has 4 nitrogen and oxygen atoms in total. The van der Waals surface area contributed by atoms with Gasteiger partial charge in [-0.3, -0.25) is 9.97 Å². The van der Waals surface area contributed by atoms with Crippen LogP contribution in [-0.2, 0) is 13.0 Å². The molecule has 0 atom stereocenters. The van der Waals surface area contributed by atoms with Crippen LogP contribution in [0.4, 0.5) is 5.69 Å². The number of nitrogens with one attached hydrogen (secondary N) is 1. The van der Waals surface area contributed by atoms with Crippen LogP contribution in [-0.4, -0.2) is 30.6 Å². The molecule has 0 bridgehead atoms. The summed E-state index contributed by atoms with van der Waals surface area (Å²) >= 11 is 0. The molecule has 2 aromatic rings. The molecule has 1 N–H and O–H groups in total. The van der Waals surface area contributed by atoms with Crippen LogP contribution in [0.25, 0.3) is 0 Å². The Hall–Kier alpha value is -1.94. The maximum absolute atomic E-state index is 4.38. The number of rotatable bonds is 6. The van der Waals surface area contributed by atoms with Crippen LogP contribution in [0.1, 0.15) is 17.0 Å². The second-order valence-corrected chi connectivity index (χ2v) is 4.98. The molecule has 2 aromatic heterocycles. The van der Waals surface area contributed by atoms with Gasteiger partial charge in [-0.2, -0.15) is 0 Å². The predicted octanol–water partition coefficient (Wildman–Crippen LogP) is 2.18. The third-order valence-electron chi connectivity index (χ3n) is 3.31. The summed E-state index contributed by atoms with van der Waals surface area (Å²) in [6, 6.07) is 8.20. The zero-order valence-electron chi connectivity index (χ0n) is 12.4. The third-order valence-corrected chi connectivity index (χ3v) is 3.31. The molecule has 0 unspecified atom stereocenters. The smallest absolute Gasteiger partial charge is 0.0443 e. The Labute approximate surface area is 120 Å². The maximum Gasteiger partial charge on any atom is 0.0443 e. The minimum Gasteiger partial charge on any atom is -0.374 e. The van der Waals surface area contributed by atoms with E-state index in [0.29, 0.717) is 0 Å². The van der Waals surface area contributed by atoms with Gasteiger partial charge in [0.1, 0.15) is 0 Å². The summed E-state index contributed by atoms with van der Waals surface area (Å²) in [7, 11) is 4.08. The third kappa shape index (κ3) is 3.78. The van der Waals surface area contributed by atoms with E-state index in [9.17, 15) is 0 Å². The number of anilines is 1. The second kappa shape index (κ2) is 7.01. The van der Waals surface area contributed by atoms with Crippen LogP contribution in [0, 0.1) is 6.92 Å². The molecular weight excluding hydrogens is 248 g/mol. The van der Waals surface area contributed by atoms with Crippen molar-refractivity contribution in [3.8, 4) is 0 Å². The highest BCUT2D eigenvalue weighted by Crippen LogP contribution is 2.19. The first-order chi connectivity index (χ1) is 9.70. The van der Waals surface area contributed by atoms with Crippen molar-refractivity contribution in [3.63, 3.8) is 0 Å². The summed E-state index contributed by atoms with van der Waals surface area (Å²) in [6.45, 7) is 3.80. The average Bonchev–Trinajstić information content (AvgIpc) is 2.48. The first kappa shape index (κ1) is 14.5. The summed E-state index contributed by atoms with van der Waals surface area (Å²) < 4.78 is 0. The fourth-order valence-corrected chi connectivity index (χ4v) is 2.20. The van der Waals surface area contributed by atoms with E-state index < -0.39 is 0 Å². The SMILES string of the molecule is CNCc1cnc(C)cc1N(C)CCc1ccccn1. The molecule has 0 saturated carbocycles. The van der Waals surface area contributed by atoms with E-state index in [-0.39, 0.29) is 0 Å². The van der Waals surface area contributed by atoms with Gasteiger partial charge in [0.15, 0.2) is 0 Å². The van der Waals surface area contributed by atoms with Crippen LogP contribution in [0.5, 0.6) is 0 Å². The van der Waals surface area contributed by atoms with Crippen LogP contribution >= 0.6 is 0 Å². The summed E-state index contributed by atoms with van der Waals surface area (Å²) in [6.07, 6.45) is 4.74. The molecular formula is C16H22N4. The number of pyridine rings is 2. The predicted molar refractivity (Wildman–Crippen MR) is 82.9 cm³/mol. The summed E-state index contributed by atoms with van der Waals surface area (Å²) in [5.74, 6) is 0.